The fraction of sp³-hybridized carbons (Fsp3) is 0.364. The topological polar surface area (TPSA) is 65.5 Å². The Bertz CT molecular complexity index is 551. The number of rotatable bonds is 3. The van der Waals surface area contributed by atoms with Gasteiger partial charge in [-0.25, -0.2) is 14.6 Å². The van der Waals surface area contributed by atoms with Gasteiger partial charge in [-0.1, -0.05) is 23.2 Å². The zero-order valence-electron chi connectivity index (χ0n) is 10.9. The summed E-state index contributed by atoms with van der Waals surface area (Å²) < 4.78 is 10.0. The van der Waals surface area contributed by atoms with Gasteiger partial charge in [-0.15, -0.1) is 0 Å². The minimum Gasteiger partial charge on any atom is -0.473 e. The third-order valence-electron chi connectivity index (χ3n) is 3.09. The molecule has 1 fully saturated rings. The highest BCUT2D eigenvalue weighted by molar-refractivity contribution is 6.64. The lowest BCUT2D eigenvalue weighted by atomic mass is 9.70. The highest BCUT2D eigenvalue weighted by Gasteiger charge is 2.55. The monoisotopic (exact) mass is 317 g/mol. The van der Waals surface area contributed by atoms with Crippen molar-refractivity contribution in [1.29, 1.82) is 0 Å². The number of methoxy groups -OCH3 is 1. The maximum absolute atomic E-state index is 11.6. The number of quaternary nitrogens is 1. The smallest absolute Gasteiger partial charge is 0.473 e. The first-order valence-electron chi connectivity index (χ1n) is 5.77. The van der Waals surface area contributed by atoms with E-state index >= 15 is 0 Å². The van der Waals surface area contributed by atoms with Crippen molar-refractivity contribution < 1.29 is 23.4 Å². The fourth-order valence-corrected chi connectivity index (χ4v) is 2.70. The van der Waals surface area contributed by atoms with Gasteiger partial charge in [0.1, 0.15) is 10.3 Å². The van der Waals surface area contributed by atoms with Crippen molar-refractivity contribution in [2.45, 2.75) is 0 Å². The molecular formula is C11H12BCl2N2O4+. The van der Waals surface area contributed by atoms with E-state index in [0.29, 0.717) is 5.46 Å². The van der Waals surface area contributed by atoms with Gasteiger partial charge in [-0.3, -0.25) is 0 Å². The molecule has 0 spiro atoms. The first-order chi connectivity index (χ1) is 9.34. The summed E-state index contributed by atoms with van der Waals surface area (Å²) in [4.78, 5) is 27.0. The van der Waals surface area contributed by atoms with E-state index in [-0.39, 0.29) is 27.8 Å². The molecule has 0 aliphatic carbocycles. The lowest BCUT2D eigenvalue weighted by Crippen LogP contribution is -2.60. The van der Waals surface area contributed by atoms with Crippen LogP contribution in [-0.4, -0.2) is 55.6 Å². The molecule has 2 rings (SSSR count). The number of ether oxygens (including phenoxy) is 1. The maximum Gasteiger partial charge on any atom is 0.680 e. The third-order valence-corrected chi connectivity index (χ3v) is 3.48. The fourth-order valence-electron chi connectivity index (χ4n) is 2.22. The molecule has 1 aliphatic rings. The molecule has 1 aliphatic heterocycles. The van der Waals surface area contributed by atoms with E-state index in [0.717, 1.165) is 0 Å². The van der Waals surface area contributed by atoms with Crippen LogP contribution in [0.1, 0.15) is 0 Å². The van der Waals surface area contributed by atoms with E-state index in [1.54, 1.807) is 19.2 Å². The molecule has 0 radical (unpaired) electrons. The summed E-state index contributed by atoms with van der Waals surface area (Å²) in [5, 5.41) is 0.389. The standard InChI is InChI=1S/C11H12BCl2N2O4/c1-16(5-10(17)19-2)6-11(18)20-12(16)7-3-8(13)15-9(14)4-7/h3-4H,5-6H2,1-2H3/q+1. The van der Waals surface area contributed by atoms with E-state index < -0.39 is 19.0 Å². The average molecular weight is 318 g/mol. The number of hydrogen-bond donors (Lipinski definition) is 0. The van der Waals surface area contributed by atoms with E-state index in [9.17, 15) is 9.59 Å². The largest absolute Gasteiger partial charge is 0.680 e. The molecule has 1 unspecified atom stereocenters. The van der Waals surface area contributed by atoms with Gasteiger partial charge in [0.2, 0.25) is 0 Å². The number of hydrogen-bond acceptors (Lipinski definition) is 5. The second-order valence-electron chi connectivity index (χ2n) is 4.76. The molecule has 1 atom stereocenters. The summed E-state index contributed by atoms with van der Waals surface area (Å²) in [5.41, 5.74) is 0.590. The lowest BCUT2D eigenvalue weighted by Gasteiger charge is -2.28. The first kappa shape index (κ1) is 15.1. The summed E-state index contributed by atoms with van der Waals surface area (Å²) >= 11 is 11.7. The van der Waals surface area contributed by atoms with Crippen molar-refractivity contribution in [2.24, 2.45) is 0 Å². The Morgan fingerprint density at radius 3 is 2.65 bits per heavy atom. The van der Waals surface area contributed by atoms with Gasteiger partial charge >= 0.3 is 19.0 Å². The predicted octanol–water partition coefficient (Wildman–Crippen LogP) is 0.260. The summed E-state index contributed by atoms with van der Waals surface area (Å²) in [6, 6.07) is 3.12. The van der Waals surface area contributed by atoms with Crippen LogP contribution in [0.5, 0.6) is 0 Å². The van der Waals surface area contributed by atoms with Crippen LogP contribution >= 0.6 is 23.2 Å². The zero-order valence-corrected chi connectivity index (χ0v) is 12.4. The Hall–Kier alpha value is -1.31. The second-order valence-corrected chi connectivity index (χ2v) is 5.53. The van der Waals surface area contributed by atoms with Crippen molar-refractivity contribution >= 4 is 47.7 Å². The van der Waals surface area contributed by atoms with Crippen molar-refractivity contribution in [3.8, 4) is 0 Å². The van der Waals surface area contributed by atoms with Gasteiger partial charge in [0, 0.05) is 5.46 Å². The number of nitrogens with zero attached hydrogens (tertiary/aromatic N) is 2. The highest BCUT2D eigenvalue weighted by Crippen LogP contribution is 2.19. The van der Waals surface area contributed by atoms with Gasteiger partial charge in [-0.05, 0) is 12.1 Å². The molecule has 0 N–H and O–H groups in total. The van der Waals surface area contributed by atoms with Crippen LogP contribution in [0.4, 0.5) is 0 Å². The van der Waals surface area contributed by atoms with Gasteiger partial charge < -0.3 is 13.8 Å². The Morgan fingerprint density at radius 1 is 1.50 bits per heavy atom. The Labute approximate surface area is 126 Å². The molecule has 0 aromatic carbocycles. The van der Waals surface area contributed by atoms with E-state index in [2.05, 4.69) is 9.72 Å². The number of carbonyl (C=O) groups is 2. The zero-order chi connectivity index (χ0) is 14.9. The van der Waals surface area contributed by atoms with E-state index in [4.69, 9.17) is 27.9 Å². The molecule has 2 heterocycles. The Morgan fingerprint density at radius 2 is 2.10 bits per heavy atom. The third kappa shape index (κ3) is 3.05. The van der Waals surface area contributed by atoms with Crippen LogP contribution in [0.2, 0.25) is 10.3 Å². The molecule has 1 saturated heterocycles. The molecule has 20 heavy (non-hydrogen) atoms. The number of likely N-dealkylation sites (N-methyl/N-ethyl adjacent to an activating group) is 1. The summed E-state index contributed by atoms with van der Waals surface area (Å²) in [6.07, 6.45) is 0. The molecule has 106 valence electrons. The first-order valence-corrected chi connectivity index (χ1v) is 6.53. The maximum atomic E-state index is 11.6. The van der Waals surface area contributed by atoms with Gasteiger partial charge in [0.05, 0.1) is 14.2 Å². The second kappa shape index (κ2) is 5.59. The minimum absolute atomic E-state index is 0.00443. The van der Waals surface area contributed by atoms with Crippen LogP contribution in [0.3, 0.4) is 0 Å². The SMILES string of the molecule is COC(=O)C[N+]1(C)CC(=O)OB1c1cc(Cl)nc(Cl)c1. The lowest BCUT2D eigenvalue weighted by molar-refractivity contribution is -0.786. The molecule has 0 amide bonds. The molecule has 1 aromatic rings. The number of pyridine rings is 1. The number of aromatic nitrogens is 1. The minimum atomic E-state index is -0.667. The molecule has 6 nitrogen and oxygen atoms in total. The molecular weight excluding hydrogens is 306 g/mol. The molecule has 1 aromatic heterocycles. The molecule has 0 saturated carbocycles. The van der Waals surface area contributed by atoms with Crippen LogP contribution in [0, 0.1) is 0 Å². The number of halogens is 2. The van der Waals surface area contributed by atoms with Crippen LogP contribution < -0.4 is 5.46 Å². The van der Waals surface area contributed by atoms with Crippen LogP contribution in [0.15, 0.2) is 12.1 Å². The number of esters is 1. The van der Waals surface area contributed by atoms with E-state index in [1.807, 2.05) is 0 Å². The van der Waals surface area contributed by atoms with Gasteiger partial charge in [-0.2, -0.15) is 0 Å². The van der Waals surface area contributed by atoms with Crippen molar-refractivity contribution in [1.82, 2.24) is 4.98 Å². The quantitative estimate of drug-likeness (QED) is 0.454. The predicted molar refractivity (Wildman–Crippen MR) is 73.7 cm³/mol. The average Bonchev–Trinajstić information content (AvgIpc) is 2.62. The van der Waals surface area contributed by atoms with Crippen LogP contribution in [0.25, 0.3) is 0 Å². The van der Waals surface area contributed by atoms with Crippen molar-refractivity contribution in [3.63, 3.8) is 0 Å². The summed E-state index contributed by atoms with van der Waals surface area (Å²) in [5.74, 6) is -0.826. The van der Waals surface area contributed by atoms with Gasteiger partial charge in [0.15, 0.2) is 13.1 Å². The summed E-state index contributed by atoms with van der Waals surface area (Å²) in [6.45, 7) is 0.0712. The normalized spacial score (nSPS) is 21.8. The summed E-state index contributed by atoms with van der Waals surface area (Å²) in [7, 11) is 2.36. The van der Waals surface area contributed by atoms with Crippen molar-refractivity contribution in [2.75, 3.05) is 27.2 Å². The van der Waals surface area contributed by atoms with E-state index in [1.165, 1.54) is 7.11 Å². The Kier molecular flexibility index (Phi) is 4.22. The van der Waals surface area contributed by atoms with Crippen LogP contribution in [-0.2, 0) is 19.0 Å². The molecule has 9 heteroatoms. The van der Waals surface area contributed by atoms with Crippen molar-refractivity contribution in [3.05, 3.63) is 22.4 Å². The molecule has 0 bridgehead atoms. The van der Waals surface area contributed by atoms with Gasteiger partial charge in [0.25, 0.3) is 0 Å². The highest BCUT2D eigenvalue weighted by atomic mass is 35.5. The Balaban J connectivity index is 2.36. The number of carbonyl (C=O) groups excluding carboxylic acids is 2.